The normalized spacial score (nSPS) is 10.8. The Morgan fingerprint density at radius 2 is 1.92 bits per heavy atom. The van der Waals surface area contributed by atoms with Crippen molar-refractivity contribution in [2.24, 2.45) is 0 Å². The summed E-state index contributed by atoms with van der Waals surface area (Å²) in [5.41, 5.74) is 2.16. The molecule has 0 unspecified atom stereocenters. The van der Waals surface area contributed by atoms with Gasteiger partial charge in [0.05, 0.1) is 11.0 Å². The van der Waals surface area contributed by atoms with Gasteiger partial charge in [-0.25, -0.2) is 8.42 Å². The molecule has 0 aromatic heterocycles. The van der Waals surface area contributed by atoms with E-state index in [0.29, 0.717) is 17.8 Å². The first-order valence-electron chi connectivity index (χ1n) is 8.15. The Morgan fingerprint density at radius 3 is 2.54 bits per heavy atom. The molecule has 7 heteroatoms. The number of sulfonamides is 1. The lowest BCUT2D eigenvalue weighted by molar-refractivity contribution is 0.0784. The van der Waals surface area contributed by atoms with Gasteiger partial charge in [-0.3, -0.25) is 9.52 Å². The van der Waals surface area contributed by atoms with Gasteiger partial charge in [0.1, 0.15) is 6.54 Å². The van der Waals surface area contributed by atoms with E-state index in [2.05, 4.69) is 4.72 Å². The van der Waals surface area contributed by atoms with Crippen molar-refractivity contribution in [2.45, 2.75) is 25.7 Å². The quantitative estimate of drug-likeness (QED) is 0.790. The number of benzene rings is 2. The molecule has 0 bridgehead atoms. The Morgan fingerprint density at radius 1 is 1.19 bits per heavy atom. The van der Waals surface area contributed by atoms with E-state index in [-0.39, 0.29) is 22.9 Å². The number of nitriles is 1. The van der Waals surface area contributed by atoms with Crippen molar-refractivity contribution in [3.63, 3.8) is 0 Å². The first-order valence-corrected chi connectivity index (χ1v) is 9.63. The summed E-state index contributed by atoms with van der Waals surface area (Å²) in [6.45, 7) is 5.62. The van der Waals surface area contributed by atoms with Crippen molar-refractivity contribution in [3.8, 4) is 6.07 Å². The molecule has 26 heavy (non-hydrogen) atoms. The summed E-state index contributed by atoms with van der Waals surface area (Å²) in [6.07, 6.45) is 0. The maximum Gasteiger partial charge on any atom is 0.262 e. The fourth-order valence-electron chi connectivity index (χ4n) is 2.54. The largest absolute Gasteiger partial charge is 0.326 e. The van der Waals surface area contributed by atoms with E-state index in [4.69, 9.17) is 5.26 Å². The van der Waals surface area contributed by atoms with Crippen molar-refractivity contribution in [2.75, 3.05) is 17.8 Å². The van der Waals surface area contributed by atoms with Crippen LogP contribution in [0.15, 0.2) is 47.4 Å². The van der Waals surface area contributed by atoms with Crippen LogP contribution < -0.4 is 4.72 Å². The van der Waals surface area contributed by atoms with E-state index >= 15 is 0 Å². The van der Waals surface area contributed by atoms with Crippen molar-refractivity contribution in [3.05, 3.63) is 59.2 Å². The van der Waals surface area contributed by atoms with Crippen LogP contribution in [0.3, 0.4) is 0 Å². The van der Waals surface area contributed by atoms with Gasteiger partial charge >= 0.3 is 0 Å². The Bertz CT molecular complexity index is 962. The van der Waals surface area contributed by atoms with E-state index in [1.165, 1.54) is 11.0 Å². The highest BCUT2D eigenvalue weighted by atomic mass is 32.2. The summed E-state index contributed by atoms with van der Waals surface area (Å²) in [7, 11) is -3.85. The average molecular weight is 371 g/mol. The summed E-state index contributed by atoms with van der Waals surface area (Å²) < 4.78 is 28.1. The lowest BCUT2D eigenvalue weighted by Gasteiger charge is -2.18. The number of anilines is 1. The Kier molecular flexibility index (Phi) is 6.01. The molecule has 2 rings (SSSR count). The van der Waals surface area contributed by atoms with Gasteiger partial charge in [0, 0.05) is 17.8 Å². The molecule has 6 nitrogen and oxygen atoms in total. The summed E-state index contributed by atoms with van der Waals surface area (Å²) >= 11 is 0. The smallest absolute Gasteiger partial charge is 0.262 e. The molecule has 0 spiro atoms. The summed E-state index contributed by atoms with van der Waals surface area (Å²) in [6, 6.07) is 13.5. The minimum atomic E-state index is -3.85. The van der Waals surface area contributed by atoms with Crippen LogP contribution in [0, 0.1) is 25.2 Å². The number of aryl methyl sites for hydroxylation is 2. The van der Waals surface area contributed by atoms with E-state index < -0.39 is 10.0 Å². The number of nitrogens with zero attached hydrogens (tertiary/aromatic N) is 2. The predicted molar refractivity (Wildman–Crippen MR) is 100 cm³/mol. The summed E-state index contributed by atoms with van der Waals surface area (Å²) in [5.74, 6) is -0.374. The van der Waals surface area contributed by atoms with E-state index in [1.807, 2.05) is 19.1 Å². The van der Waals surface area contributed by atoms with Gasteiger partial charge in [0.25, 0.3) is 15.9 Å². The monoisotopic (exact) mass is 371 g/mol. The molecule has 1 N–H and O–H groups in total. The van der Waals surface area contributed by atoms with Gasteiger partial charge in [-0.2, -0.15) is 5.26 Å². The van der Waals surface area contributed by atoms with Crippen molar-refractivity contribution in [1.82, 2.24) is 4.90 Å². The van der Waals surface area contributed by atoms with Gasteiger partial charge in [-0.1, -0.05) is 18.2 Å². The molecule has 0 aliphatic heterocycles. The van der Waals surface area contributed by atoms with Crippen LogP contribution >= 0.6 is 0 Å². The van der Waals surface area contributed by atoms with E-state index in [0.717, 1.165) is 5.56 Å². The molecule has 0 fully saturated rings. The first kappa shape index (κ1) is 19.5. The molecule has 2 aromatic carbocycles. The fourth-order valence-corrected chi connectivity index (χ4v) is 3.86. The number of rotatable bonds is 6. The van der Waals surface area contributed by atoms with Gasteiger partial charge in [-0.05, 0) is 56.2 Å². The van der Waals surface area contributed by atoms with Crippen LogP contribution in [-0.4, -0.2) is 32.3 Å². The third-order valence-electron chi connectivity index (χ3n) is 3.93. The number of hydrogen-bond acceptors (Lipinski definition) is 4. The second-order valence-electron chi connectivity index (χ2n) is 5.93. The van der Waals surface area contributed by atoms with E-state index in [1.54, 1.807) is 44.2 Å². The fraction of sp³-hybridized carbons (Fsp3) is 0.263. The molecule has 0 atom stereocenters. The lowest BCUT2D eigenvalue weighted by atomic mass is 10.1. The molecule has 0 aliphatic rings. The first-order chi connectivity index (χ1) is 12.3. The standard InChI is InChI=1S/C19H21N3O3S/c1-4-22(11-10-20)19(23)16-9-8-15(3)18(13-16)26(24,25)21-17-7-5-6-14(2)12-17/h5-9,12-13,21H,4,11H2,1-3H3. The molecular weight excluding hydrogens is 350 g/mol. The number of hydrogen-bond donors (Lipinski definition) is 1. The van der Waals surface area contributed by atoms with Gasteiger partial charge in [0.15, 0.2) is 0 Å². The molecule has 136 valence electrons. The molecule has 0 heterocycles. The van der Waals surface area contributed by atoms with Crippen molar-refractivity contribution < 1.29 is 13.2 Å². The van der Waals surface area contributed by atoms with Crippen LogP contribution in [0.4, 0.5) is 5.69 Å². The highest BCUT2D eigenvalue weighted by Crippen LogP contribution is 2.22. The van der Waals surface area contributed by atoms with Crippen LogP contribution in [-0.2, 0) is 10.0 Å². The number of carbonyl (C=O) groups is 1. The van der Waals surface area contributed by atoms with Gasteiger partial charge in [-0.15, -0.1) is 0 Å². The SMILES string of the molecule is CCN(CC#N)C(=O)c1ccc(C)c(S(=O)(=O)Nc2cccc(C)c2)c1. The third-order valence-corrected chi connectivity index (χ3v) is 5.45. The average Bonchev–Trinajstić information content (AvgIpc) is 2.59. The second kappa shape index (κ2) is 8.02. The zero-order valence-electron chi connectivity index (χ0n) is 15.0. The molecular formula is C19H21N3O3S. The Balaban J connectivity index is 2.40. The molecule has 2 aromatic rings. The minimum Gasteiger partial charge on any atom is -0.326 e. The number of carbonyl (C=O) groups excluding carboxylic acids is 1. The van der Waals surface area contributed by atoms with Crippen molar-refractivity contribution >= 4 is 21.6 Å². The second-order valence-corrected chi connectivity index (χ2v) is 7.58. The molecule has 0 saturated carbocycles. The summed E-state index contributed by atoms with van der Waals surface area (Å²) in [5, 5.41) is 8.83. The topological polar surface area (TPSA) is 90.3 Å². The zero-order valence-corrected chi connectivity index (χ0v) is 15.8. The minimum absolute atomic E-state index is 0.0397. The molecule has 1 amide bonds. The molecule has 0 saturated heterocycles. The maximum absolute atomic E-state index is 12.8. The van der Waals surface area contributed by atoms with Crippen LogP contribution in [0.5, 0.6) is 0 Å². The Hall–Kier alpha value is -2.85. The maximum atomic E-state index is 12.8. The van der Waals surface area contributed by atoms with Crippen molar-refractivity contribution in [1.29, 1.82) is 5.26 Å². The number of nitrogens with one attached hydrogen (secondary N) is 1. The molecule has 0 radical (unpaired) electrons. The highest BCUT2D eigenvalue weighted by molar-refractivity contribution is 7.92. The van der Waals surface area contributed by atoms with Gasteiger partial charge in [0.2, 0.25) is 0 Å². The van der Waals surface area contributed by atoms with E-state index in [9.17, 15) is 13.2 Å². The van der Waals surface area contributed by atoms with Crippen LogP contribution in [0.1, 0.15) is 28.4 Å². The van der Waals surface area contributed by atoms with Crippen LogP contribution in [0.25, 0.3) is 0 Å². The number of amides is 1. The zero-order chi connectivity index (χ0) is 19.3. The highest BCUT2D eigenvalue weighted by Gasteiger charge is 2.21. The predicted octanol–water partition coefficient (Wildman–Crippen LogP) is 3.09. The lowest BCUT2D eigenvalue weighted by Crippen LogP contribution is -2.31. The van der Waals surface area contributed by atoms with Crippen LogP contribution in [0.2, 0.25) is 0 Å². The summed E-state index contributed by atoms with van der Waals surface area (Å²) in [4.78, 5) is 13.9. The van der Waals surface area contributed by atoms with Gasteiger partial charge < -0.3 is 4.90 Å². The molecule has 0 aliphatic carbocycles. The third kappa shape index (κ3) is 4.41. The Labute approximate surface area is 154 Å².